The molecule has 17 heavy (non-hydrogen) atoms. The van der Waals surface area contributed by atoms with E-state index in [2.05, 4.69) is 4.74 Å². The van der Waals surface area contributed by atoms with Crippen molar-refractivity contribution in [3.8, 4) is 0 Å². The molecule has 0 aromatic carbocycles. The molecule has 2 nitrogen and oxygen atoms in total. The molecule has 1 atom stereocenters. The number of ether oxygens (including phenoxy) is 2. The molecule has 0 aromatic heterocycles. The highest BCUT2D eigenvalue weighted by atomic mass is 19.4. The van der Waals surface area contributed by atoms with E-state index < -0.39 is 25.1 Å². The van der Waals surface area contributed by atoms with Gasteiger partial charge < -0.3 is 9.47 Å². The Morgan fingerprint density at radius 2 is 1.59 bits per heavy atom. The Morgan fingerprint density at radius 1 is 1.00 bits per heavy atom. The number of hydrogen-bond donors (Lipinski definition) is 0. The van der Waals surface area contributed by atoms with Crippen molar-refractivity contribution in [1.29, 1.82) is 0 Å². The van der Waals surface area contributed by atoms with Crippen LogP contribution in [-0.4, -0.2) is 38.3 Å². The van der Waals surface area contributed by atoms with Gasteiger partial charge in [-0.05, 0) is 6.42 Å². The minimum Gasteiger partial charge on any atom is -0.379 e. The molecular formula is C9H14F6O2. The Labute approximate surface area is 94.9 Å². The van der Waals surface area contributed by atoms with Crippen molar-refractivity contribution in [2.75, 3.05) is 19.8 Å². The van der Waals surface area contributed by atoms with E-state index in [0.29, 0.717) is 13.0 Å². The van der Waals surface area contributed by atoms with Crippen LogP contribution >= 0.6 is 0 Å². The second-order valence-corrected chi connectivity index (χ2v) is 3.28. The molecule has 0 radical (unpaired) electrons. The Balaban J connectivity index is 3.86. The summed E-state index contributed by atoms with van der Waals surface area (Å²) in [7, 11) is 0. The fourth-order valence-corrected chi connectivity index (χ4v) is 0.849. The fraction of sp³-hybridized carbons (Fsp3) is 1.00. The summed E-state index contributed by atoms with van der Waals surface area (Å²) in [4.78, 5) is 0. The van der Waals surface area contributed by atoms with Crippen LogP contribution in [0.15, 0.2) is 0 Å². The van der Waals surface area contributed by atoms with Crippen LogP contribution in [0.4, 0.5) is 26.3 Å². The summed E-state index contributed by atoms with van der Waals surface area (Å²) in [6, 6.07) is 0. The summed E-state index contributed by atoms with van der Waals surface area (Å²) in [5.41, 5.74) is 0. The van der Waals surface area contributed by atoms with Crippen molar-refractivity contribution in [3.05, 3.63) is 0 Å². The number of unbranched alkanes of at least 4 members (excludes halogenated alkanes) is 1. The quantitative estimate of drug-likeness (QED) is 0.496. The zero-order valence-corrected chi connectivity index (χ0v) is 9.20. The van der Waals surface area contributed by atoms with Crippen LogP contribution in [0.5, 0.6) is 0 Å². The molecule has 0 aliphatic heterocycles. The standard InChI is InChI=1S/C9H14F6O2/c1-2-3-4-16-5-6-17-9(14,15)7(10)8(11,12)13/h7H,2-6H2,1H3. The van der Waals surface area contributed by atoms with Gasteiger partial charge in [0.25, 0.3) is 6.17 Å². The van der Waals surface area contributed by atoms with Gasteiger partial charge in [0.1, 0.15) is 0 Å². The number of halogens is 6. The molecule has 1 unspecified atom stereocenters. The number of hydrogen-bond acceptors (Lipinski definition) is 2. The summed E-state index contributed by atoms with van der Waals surface area (Å²) in [6.45, 7) is 1.07. The van der Waals surface area contributed by atoms with Gasteiger partial charge in [-0.15, -0.1) is 0 Å². The summed E-state index contributed by atoms with van der Waals surface area (Å²) >= 11 is 0. The zero-order valence-electron chi connectivity index (χ0n) is 9.20. The van der Waals surface area contributed by atoms with Crippen LogP contribution in [0.25, 0.3) is 0 Å². The second kappa shape index (κ2) is 7.05. The predicted octanol–water partition coefficient (Wildman–Crippen LogP) is 3.31. The molecule has 0 bridgehead atoms. The molecule has 0 aromatic rings. The van der Waals surface area contributed by atoms with Crippen molar-refractivity contribution in [1.82, 2.24) is 0 Å². The molecule has 104 valence electrons. The largest absolute Gasteiger partial charge is 0.428 e. The van der Waals surface area contributed by atoms with E-state index in [4.69, 9.17) is 4.74 Å². The predicted molar refractivity (Wildman–Crippen MR) is 47.6 cm³/mol. The smallest absolute Gasteiger partial charge is 0.379 e. The van der Waals surface area contributed by atoms with Crippen molar-refractivity contribution < 1.29 is 35.8 Å². The lowest BCUT2D eigenvalue weighted by atomic mass is 10.3. The van der Waals surface area contributed by atoms with Crippen LogP contribution in [-0.2, 0) is 9.47 Å². The summed E-state index contributed by atoms with van der Waals surface area (Å²) < 4.78 is 80.6. The van der Waals surface area contributed by atoms with Gasteiger partial charge in [0.05, 0.1) is 13.2 Å². The molecule has 0 spiro atoms. The lowest BCUT2D eigenvalue weighted by Gasteiger charge is -2.22. The SMILES string of the molecule is CCCCOCCOC(F)(F)C(F)C(F)(F)F. The van der Waals surface area contributed by atoms with Crippen molar-refractivity contribution >= 4 is 0 Å². The first-order valence-electron chi connectivity index (χ1n) is 5.02. The van der Waals surface area contributed by atoms with Crippen LogP contribution in [0.2, 0.25) is 0 Å². The van der Waals surface area contributed by atoms with E-state index in [9.17, 15) is 26.3 Å². The molecule has 0 aliphatic rings. The number of alkyl halides is 6. The van der Waals surface area contributed by atoms with E-state index in [1.165, 1.54) is 0 Å². The maximum atomic E-state index is 12.5. The monoisotopic (exact) mass is 268 g/mol. The third kappa shape index (κ3) is 6.72. The Morgan fingerprint density at radius 3 is 2.06 bits per heavy atom. The Bertz CT molecular complexity index is 206. The normalized spacial score (nSPS) is 15.0. The molecule has 0 saturated heterocycles. The van der Waals surface area contributed by atoms with Gasteiger partial charge in [-0.1, -0.05) is 13.3 Å². The third-order valence-corrected chi connectivity index (χ3v) is 1.75. The second-order valence-electron chi connectivity index (χ2n) is 3.28. The Hall–Kier alpha value is -0.500. The molecule has 0 heterocycles. The Kier molecular flexibility index (Phi) is 6.84. The molecule has 0 N–H and O–H groups in total. The zero-order chi connectivity index (χ0) is 13.5. The average Bonchev–Trinajstić information content (AvgIpc) is 2.20. The summed E-state index contributed by atoms with van der Waals surface area (Å²) in [6.07, 6.45) is -13.3. The van der Waals surface area contributed by atoms with Crippen LogP contribution in [0, 0.1) is 0 Å². The summed E-state index contributed by atoms with van der Waals surface area (Å²) in [5, 5.41) is 0. The minimum atomic E-state index is -5.65. The van der Waals surface area contributed by atoms with Gasteiger partial charge in [-0.3, -0.25) is 0 Å². The van der Waals surface area contributed by atoms with Crippen molar-refractivity contribution in [2.24, 2.45) is 0 Å². The highest BCUT2D eigenvalue weighted by Gasteiger charge is 2.58. The maximum Gasteiger partial charge on any atom is 0.428 e. The molecule has 0 rings (SSSR count). The van der Waals surface area contributed by atoms with Gasteiger partial charge in [0.2, 0.25) is 0 Å². The molecule has 0 amide bonds. The third-order valence-electron chi connectivity index (χ3n) is 1.75. The van der Waals surface area contributed by atoms with Crippen LogP contribution in [0.1, 0.15) is 19.8 Å². The number of rotatable bonds is 8. The summed E-state index contributed by atoms with van der Waals surface area (Å²) in [5.74, 6) is 0. The van der Waals surface area contributed by atoms with Gasteiger partial charge in [-0.25, -0.2) is 4.39 Å². The maximum absolute atomic E-state index is 12.5. The van der Waals surface area contributed by atoms with E-state index in [1.807, 2.05) is 6.92 Å². The van der Waals surface area contributed by atoms with Crippen LogP contribution < -0.4 is 0 Å². The highest BCUT2D eigenvalue weighted by molar-refractivity contribution is 4.75. The topological polar surface area (TPSA) is 18.5 Å². The minimum absolute atomic E-state index is 0.295. The van der Waals surface area contributed by atoms with Crippen molar-refractivity contribution in [3.63, 3.8) is 0 Å². The lowest BCUT2D eigenvalue weighted by Crippen LogP contribution is -2.44. The molecule has 0 aliphatic carbocycles. The van der Waals surface area contributed by atoms with E-state index >= 15 is 0 Å². The molecule has 8 heteroatoms. The van der Waals surface area contributed by atoms with E-state index in [-0.39, 0.29) is 6.61 Å². The first kappa shape index (κ1) is 16.5. The molecule has 0 saturated carbocycles. The van der Waals surface area contributed by atoms with Gasteiger partial charge in [0, 0.05) is 6.61 Å². The van der Waals surface area contributed by atoms with Crippen molar-refractivity contribution in [2.45, 2.75) is 38.2 Å². The highest BCUT2D eigenvalue weighted by Crippen LogP contribution is 2.35. The van der Waals surface area contributed by atoms with E-state index in [1.54, 1.807) is 0 Å². The van der Waals surface area contributed by atoms with Gasteiger partial charge in [0.15, 0.2) is 0 Å². The fourth-order valence-electron chi connectivity index (χ4n) is 0.849. The average molecular weight is 268 g/mol. The molecule has 0 fully saturated rings. The van der Waals surface area contributed by atoms with Gasteiger partial charge in [-0.2, -0.15) is 22.0 Å². The first-order chi connectivity index (χ1) is 7.72. The van der Waals surface area contributed by atoms with E-state index in [0.717, 1.165) is 6.42 Å². The first-order valence-corrected chi connectivity index (χ1v) is 5.02. The molecular weight excluding hydrogens is 254 g/mol. The lowest BCUT2D eigenvalue weighted by molar-refractivity contribution is -0.337. The van der Waals surface area contributed by atoms with Gasteiger partial charge >= 0.3 is 12.3 Å². The van der Waals surface area contributed by atoms with Crippen LogP contribution in [0.3, 0.4) is 0 Å².